The van der Waals surface area contributed by atoms with Crippen LogP contribution in [0.25, 0.3) is 0 Å². The molecule has 1 aliphatic heterocycles. The average Bonchev–Trinajstić information content (AvgIpc) is 2.97. The number of ketones is 3. The van der Waals surface area contributed by atoms with Gasteiger partial charge in [-0.25, -0.2) is 0 Å². The molecular weight excluding hydrogens is 597 g/mol. The summed E-state index contributed by atoms with van der Waals surface area (Å²) in [5.41, 5.74) is -3.58. The molecule has 0 amide bonds. The fourth-order valence-electron chi connectivity index (χ4n) is 7.30. The summed E-state index contributed by atoms with van der Waals surface area (Å²) < 4.78 is 12.9. The lowest BCUT2D eigenvalue weighted by Gasteiger charge is -2.54. The summed E-state index contributed by atoms with van der Waals surface area (Å²) >= 11 is 12.2. The summed E-state index contributed by atoms with van der Waals surface area (Å²) in [7, 11) is 0. The molecule has 6 unspecified atom stereocenters. The van der Waals surface area contributed by atoms with Crippen molar-refractivity contribution in [2.24, 2.45) is 11.3 Å². The van der Waals surface area contributed by atoms with Crippen LogP contribution in [0.15, 0.2) is 46.7 Å². The molecule has 11 heteroatoms. The summed E-state index contributed by atoms with van der Waals surface area (Å²) in [6.07, 6.45) is -3.81. The molecule has 8 atom stereocenters. The molecule has 0 aromatic heterocycles. The average molecular weight is 637 g/mol. The summed E-state index contributed by atoms with van der Waals surface area (Å²) in [4.78, 5) is 42.3. The standard InChI is InChI=1S/C32H39Cl2NO8/c1-16-17(2)42-24(13-22(16)35(11-9-33)12-10-34)43-23-15-32(41,18(3)36)14-21-29(39)25-26(30(40)31(21,23)4)28(38)20-8-6-5-7-19(20)27(25)37/h5-8,16-17,22-24,30,39-41H,9-15H2,1-4H3/t16?,17?,22?,23-,24?,30?,31?,32-/m0/s1. The third-order valence-corrected chi connectivity index (χ3v) is 10.5. The van der Waals surface area contributed by atoms with Crippen molar-refractivity contribution in [2.45, 2.75) is 83.2 Å². The molecule has 1 saturated heterocycles. The minimum atomic E-state index is -1.94. The van der Waals surface area contributed by atoms with Gasteiger partial charge >= 0.3 is 0 Å². The van der Waals surface area contributed by atoms with Crippen LogP contribution in [0.3, 0.4) is 0 Å². The molecule has 3 aliphatic carbocycles. The number of rotatable bonds is 8. The van der Waals surface area contributed by atoms with Crippen LogP contribution in [0.5, 0.6) is 0 Å². The molecule has 1 aromatic carbocycles. The first-order valence-corrected chi connectivity index (χ1v) is 15.8. The number of halogens is 2. The molecule has 9 nitrogen and oxygen atoms in total. The van der Waals surface area contributed by atoms with E-state index in [2.05, 4.69) is 11.8 Å². The number of Topliss-reactive ketones (excluding diaryl/α,β-unsaturated/α-hetero) is 3. The summed E-state index contributed by atoms with van der Waals surface area (Å²) in [6, 6.07) is 6.25. The maximum Gasteiger partial charge on any atom is 0.198 e. The lowest BCUT2D eigenvalue weighted by atomic mass is 9.55. The maximum absolute atomic E-state index is 13.7. The Morgan fingerprint density at radius 1 is 1.12 bits per heavy atom. The molecule has 5 rings (SSSR count). The molecule has 0 spiro atoms. The molecule has 4 aliphatic rings. The number of hydrogen-bond donors (Lipinski definition) is 3. The van der Waals surface area contributed by atoms with Crippen molar-refractivity contribution in [1.29, 1.82) is 0 Å². The van der Waals surface area contributed by atoms with Crippen molar-refractivity contribution in [3.63, 3.8) is 0 Å². The molecule has 43 heavy (non-hydrogen) atoms. The highest BCUT2D eigenvalue weighted by atomic mass is 35.5. The Hall–Kier alpha value is -2.11. The smallest absolute Gasteiger partial charge is 0.198 e. The van der Waals surface area contributed by atoms with Crippen LogP contribution < -0.4 is 0 Å². The first-order chi connectivity index (χ1) is 20.3. The quantitative estimate of drug-likeness (QED) is 0.363. The van der Waals surface area contributed by atoms with E-state index in [1.165, 1.54) is 19.1 Å². The van der Waals surface area contributed by atoms with Crippen molar-refractivity contribution in [1.82, 2.24) is 4.90 Å². The largest absolute Gasteiger partial charge is 0.507 e. The van der Waals surface area contributed by atoms with E-state index in [9.17, 15) is 29.7 Å². The number of carbonyl (C=O) groups excluding carboxylic acids is 3. The predicted octanol–water partition coefficient (Wildman–Crippen LogP) is 3.97. The van der Waals surface area contributed by atoms with E-state index in [4.69, 9.17) is 32.7 Å². The highest BCUT2D eigenvalue weighted by Gasteiger charge is 2.61. The van der Waals surface area contributed by atoms with Gasteiger partial charge in [-0.2, -0.15) is 0 Å². The van der Waals surface area contributed by atoms with Crippen molar-refractivity contribution in [3.8, 4) is 0 Å². The predicted molar refractivity (Wildman–Crippen MR) is 161 cm³/mol. The van der Waals surface area contributed by atoms with E-state index in [0.29, 0.717) is 31.3 Å². The van der Waals surface area contributed by atoms with Gasteiger partial charge in [-0.15, -0.1) is 23.2 Å². The van der Waals surface area contributed by atoms with Crippen molar-refractivity contribution in [2.75, 3.05) is 24.8 Å². The Balaban J connectivity index is 1.57. The zero-order valence-corrected chi connectivity index (χ0v) is 26.3. The zero-order chi connectivity index (χ0) is 31.4. The Morgan fingerprint density at radius 3 is 2.30 bits per heavy atom. The number of hydrogen-bond acceptors (Lipinski definition) is 9. The number of nitrogens with zero attached hydrogens (tertiary/aromatic N) is 1. The van der Waals surface area contributed by atoms with Crippen LogP contribution in [0.4, 0.5) is 0 Å². The second-order valence-corrected chi connectivity index (χ2v) is 13.2. The first-order valence-electron chi connectivity index (χ1n) is 14.7. The number of ether oxygens (including phenoxy) is 2. The van der Waals surface area contributed by atoms with E-state index < -0.39 is 52.6 Å². The molecule has 1 saturated carbocycles. The van der Waals surface area contributed by atoms with Crippen LogP contribution in [-0.4, -0.2) is 98.7 Å². The fourth-order valence-corrected chi connectivity index (χ4v) is 7.74. The van der Waals surface area contributed by atoms with Gasteiger partial charge in [0.25, 0.3) is 0 Å². The zero-order valence-electron chi connectivity index (χ0n) is 24.8. The Labute approximate surface area is 261 Å². The number of carbonyl (C=O) groups is 3. The summed E-state index contributed by atoms with van der Waals surface area (Å²) in [6.45, 7) is 8.13. The Bertz CT molecular complexity index is 1390. The first kappa shape index (κ1) is 32.3. The molecule has 234 valence electrons. The van der Waals surface area contributed by atoms with Crippen molar-refractivity contribution < 1.29 is 39.2 Å². The summed E-state index contributed by atoms with van der Waals surface area (Å²) in [5, 5.41) is 35.2. The summed E-state index contributed by atoms with van der Waals surface area (Å²) in [5.74, 6) is -1.28. The fraction of sp³-hybridized carbons (Fsp3) is 0.594. The van der Waals surface area contributed by atoms with Gasteiger partial charge < -0.3 is 24.8 Å². The van der Waals surface area contributed by atoms with Gasteiger partial charge in [-0.1, -0.05) is 38.1 Å². The van der Waals surface area contributed by atoms with Gasteiger partial charge in [0.2, 0.25) is 0 Å². The number of allylic oxidation sites excluding steroid dienone is 1. The second kappa shape index (κ2) is 12.0. The van der Waals surface area contributed by atoms with Gasteiger partial charge in [0.15, 0.2) is 23.6 Å². The highest BCUT2D eigenvalue weighted by Crippen LogP contribution is 2.56. The highest BCUT2D eigenvalue weighted by molar-refractivity contribution is 6.29. The minimum Gasteiger partial charge on any atom is -0.507 e. The van der Waals surface area contributed by atoms with Crippen LogP contribution >= 0.6 is 23.2 Å². The van der Waals surface area contributed by atoms with Gasteiger partial charge in [0, 0.05) is 72.3 Å². The number of alkyl halides is 2. The molecule has 0 radical (unpaired) electrons. The van der Waals surface area contributed by atoms with Gasteiger partial charge in [0.1, 0.15) is 11.4 Å². The van der Waals surface area contributed by atoms with Crippen LogP contribution in [0.1, 0.15) is 67.7 Å². The van der Waals surface area contributed by atoms with Gasteiger partial charge in [0.05, 0.1) is 23.9 Å². The number of aliphatic hydroxyl groups is 3. The third kappa shape index (κ3) is 5.21. The van der Waals surface area contributed by atoms with E-state index in [0.717, 1.165) is 0 Å². The molecule has 1 heterocycles. The Morgan fingerprint density at radius 2 is 1.72 bits per heavy atom. The minimum absolute atomic E-state index is 0.00242. The monoisotopic (exact) mass is 635 g/mol. The lowest BCUT2D eigenvalue weighted by molar-refractivity contribution is -0.265. The normalized spacial score (nSPS) is 36.0. The number of aliphatic hydroxyl groups excluding tert-OH is 2. The number of fused-ring (bicyclic) bond motifs is 2. The van der Waals surface area contributed by atoms with E-state index in [1.807, 2.05) is 6.92 Å². The van der Waals surface area contributed by atoms with Gasteiger partial charge in [-0.05, 0) is 25.3 Å². The van der Waals surface area contributed by atoms with E-state index >= 15 is 0 Å². The molecule has 2 fully saturated rings. The van der Waals surface area contributed by atoms with Crippen molar-refractivity contribution >= 4 is 40.6 Å². The molecule has 3 N–H and O–H groups in total. The van der Waals surface area contributed by atoms with E-state index in [1.54, 1.807) is 19.1 Å². The SMILES string of the molecule is CC(=O)[C@]1(O)CC2=C(O)C3=C(C(=O)c4ccccc4C3=O)C(O)C2(C)[C@@H](OC2CC(N(CCCl)CCCl)C(C)C(C)O2)C1. The van der Waals surface area contributed by atoms with Crippen LogP contribution in [-0.2, 0) is 14.3 Å². The maximum atomic E-state index is 13.7. The van der Waals surface area contributed by atoms with Crippen LogP contribution in [0.2, 0.25) is 0 Å². The molecular formula is C32H39Cl2NO8. The Kier molecular flexibility index (Phi) is 9.01. The van der Waals surface area contributed by atoms with Crippen molar-refractivity contribution in [3.05, 3.63) is 57.9 Å². The van der Waals surface area contributed by atoms with Crippen LogP contribution in [0, 0.1) is 11.3 Å². The molecule has 0 bridgehead atoms. The lowest BCUT2D eigenvalue weighted by Crippen LogP contribution is -2.61. The second-order valence-electron chi connectivity index (χ2n) is 12.4. The molecule has 1 aromatic rings. The number of benzene rings is 1. The third-order valence-electron chi connectivity index (χ3n) is 10.2. The van der Waals surface area contributed by atoms with Gasteiger partial charge in [-0.3, -0.25) is 19.3 Å². The van der Waals surface area contributed by atoms with E-state index in [-0.39, 0.29) is 58.8 Å². The topological polar surface area (TPSA) is 134 Å².